The number of nitrogens with zero attached hydrogens (tertiary/aromatic N) is 2. The summed E-state index contributed by atoms with van der Waals surface area (Å²) < 4.78 is 2.21. The van der Waals surface area contributed by atoms with Crippen molar-refractivity contribution in [1.29, 1.82) is 0 Å². The van der Waals surface area contributed by atoms with Crippen LogP contribution in [0.1, 0.15) is 57.7 Å². The summed E-state index contributed by atoms with van der Waals surface area (Å²) in [6, 6.07) is 0. The maximum atomic E-state index is 10.9. The second kappa shape index (κ2) is 5.28. The summed E-state index contributed by atoms with van der Waals surface area (Å²) in [6.45, 7) is 3.19. The Morgan fingerprint density at radius 3 is 2.95 bits per heavy atom. The number of rotatable bonds is 5. The summed E-state index contributed by atoms with van der Waals surface area (Å²) in [5.41, 5.74) is -0.498. The number of aliphatic hydroxyl groups is 1. The molecule has 2 aliphatic carbocycles. The molecule has 1 aromatic heterocycles. The van der Waals surface area contributed by atoms with E-state index >= 15 is 0 Å². The quantitative estimate of drug-likeness (QED) is 0.885. The Bertz CT molecular complexity index is 424. The summed E-state index contributed by atoms with van der Waals surface area (Å²) in [4.78, 5) is 4.46. The van der Waals surface area contributed by atoms with Crippen LogP contribution < -0.4 is 0 Å². The molecule has 3 rings (SSSR count). The van der Waals surface area contributed by atoms with Crippen molar-refractivity contribution in [3.63, 3.8) is 0 Å². The molecule has 0 spiro atoms. The highest BCUT2D eigenvalue weighted by Crippen LogP contribution is 2.47. The van der Waals surface area contributed by atoms with E-state index in [-0.39, 0.29) is 0 Å². The highest BCUT2D eigenvalue weighted by Gasteiger charge is 2.41. The van der Waals surface area contributed by atoms with Gasteiger partial charge in [0.1, 0.15) is 5.82 Å². The Morgan fingerprint density at radius 1 is 1.37 bits per heavy atom. The van der Waals surface area contributed by atoms with Crippen LogP contribution in [0.25, 0.3) is 0 Å². The second-order valence-electron chi connectivity index (χ2n) is 6.63. The largest absolute Gasteiger partial charge is 0.389 e. The van der Waals surface area contributed by atoms with Crippen LogP contribution >= 0.6 is 0 Å². The molecule has 0 aromatic carbocycles. The first-order valence-electron chi connectivity index (χ1n) is 7.92. The summed E-state index contributed by atoms with van der Waals surface area (Å²) >= 11 is 0. The fourth-order valence-corrected chi connectivity index (χ4v) is 3.76. The molecule has 1 aromatic rings. The van der Waals surface area contributed by atoms with E-state index in [4.69, 9.17) is 0 Å². The van der Waals surface area contributed by atoms with Crippen molar-refractivity contribution < 1.29 is 5.11 Å². The normalized spacial score (nSPS) is 31.6. The fraction of sp³-hybridized carbons (Fsp3) is 0.812. The number of hydrogen-bond acceptors (Lipinski definition) is 2. The summed E-state index contributed by atoms with van der Waals surface area (Å²) in [6.07, 6.45) is 13.0. The van der Waals surface area contributed by atoms with Crippen LogP contribution in [0, 0.1) is 11.8 Å². The van der Waals surface area contributed by atoms with Gasteiger partial charge in [0.15, 0.2) is 0 Å². The lowest BCUT2D eigenvalue weighted by atomic mass is 9.74. The van der Waals surface area contributed by atoms with Crippen LogP contribution in [-0.2, 0) is 13.0 Å². The van der Waals surface area contributed by atoms with Crippen molar-refractivity contribution in [2.24, 2.45) is 11.8 Å². The lowest BCUT2D eigenvalue weighted by molar-refractivity contribution is -0.0216. The van der Waals surface area contributed by atoms with Crippen LogP contribution in [0.2, 0.25) is 0 Å². The molecule has 0 amide bonds. The van der Waals surface area contributed by atoms with Crippen LogP contribution in [0.3, 0.4) is 0 Å². The Morgan fingerprint density at radius 2 is 2.21 bits per heavy atom. The number of imidazole rings is 1. The topological polar surface area (TPSA) is 38.0 Å². The third-order valence-electron chi connectivity index (χ3n) is 4.90. The van der Waals surface area contributed by atoms with Crippen LogP contribution in [0.4, 0.5) is 0 Å². The Balaban J connectivity index is 1.67. The van der Waals surface area contributed by atoms with Gasteiger partial charge in [-0.1, -0.05) is 13.3 Å². The Labute approximate surface area is 116 Å². The first-order chi connectivity index (χ1) is 9.20. The van der Waals surface area contributed by atoms with Gasteiger partial charge in [0.25, 0.3) is 0 Å². The first kappa shape index (κ1) is 13.2. The van der Waals surface area contributed by atoms with E-state index in [0.29, 0.717) is 0 Å². The van der Waals surface area contributed by atoms with Gasteiger partial charge in [0.2, 0.25) is 0 Å². The standard InChI is InChI=1S/C16H26N2O/c1-2-9-18-10-8-17-15(18)12-16(19)7-3-4-14(11-16)13-5-6-13/h8,10,13-14,19H,2-7,9,11-12H2,1H3. The van der Waals surface area contributed by atoms with E-state index in [2.05, 4.69) is 16.5 Å². The molecule has 0 aliphatic heterocycles. The first-order valence-corrected chi connectivity index (χ1v) is 7.92. The Hall–Kier alpha value is -0.830. The van der Waals surface area contributed by atoms with Gasteiger partial charge in [-0.05, 0) is 50.4 Å². The molecule has 2 aliphatic rings. The molecule has 1 heterocycles. The van der Waals surface area contributed by atoms with Gasteiger partial charge in [-0.15, -0.1) is 0 Å². The lowest BCUT2D eigenvalue weighted by Gasteiger charge is -2.37. The third kappa shape index (κ3) is 3.02. The zero-order valence-electron chi connectivity index (χ0n) is 12.0. The average molecular weight is 262 g/mol. The van der Waals surface area contributed by atoms with Crippen LogP contribution in [0.5, 0.6) is 0 Å². The Kier molecular flexibility index (Phi) is 3.66. The van der Waals surface area contributed by atoms with Gasteiger partial charge in [0, 0.05) is 25.4 Å². The van der Waals surface area contributed by atoms with Crippen molar-refractivity contribution in [3.05, 3.63) is 18.2 Å². The smallest absolute Gasteiger partial charge is 0.111 e. The molecular formula is C16H26N2O. The molecule has 1 N–H and O–H groups in total. The van der Waals surface area contributed by atoms with Crippen molar-refractivity contribution in [3.8, 4) is 0 Å². The summed E-state index contributed by atoms with van der Waals surface area (Å²) in [5, 5.41) is 10.9. The predicted molar refractivity (Wildman–Crippen MR) is 75.9 cm³/mol. The molecular weight excluding hydrogens is 236 g/mol. The summed E-state index contributed by atoms with van der Waals surface area (Å²) in [5.74, 6) is 2.76. The molecule has 2 saturated carbocycles. The van der Waals surface area contributed by atoms with Crippen LogP contribution in [0.15, 0.2) is 12.4 Å². The molecule has 2 unspecified atom stereocenters. The van der Waals surface area contributed by atoms with Crippen molar-refractivity contribution in [2.75, 3.05) is 0 Å². The van der Waals surface area contributed by atoms with E-state index in [0.717, 1.165) is 49.9 Å². The van der Waals surface area contributed by atoms with Gasteiger partial charge in [-0.3, -0.25) is 0 Å². The molecule has 0 radical (unpaired) electrons. The highest BCUT2D eigenvalue weighted by atomic mass is 16.3. The maximum Gasteiger partial charge on any atom is 0.111 e. The van der Waals surface area contributed by atoms with Crippen LogP contribution in [-0.4, -0.2) is 20.3 Å². The molecule has 0 bridgehead atoms. The van der Waals surface area contributed by atoms with E-state index in [1.165, 1.54) is 25.7 Å². The predicted octanol–water partition coefficient (Wildman–Crippen LogP) is 3.17. The number of aryl methyl sites for hydroxylation is 1. The van der Waals surface area contributed by atoms with Crippen molar-refractivity contribution >= 4 is 0 Å². The minimum Gasteiger partial charge on any atom is -0.389 e. The fourth-order valence-electron chi connectivity index (χ4n) is 3.76. The highest BCUT2D eigenvalue weighted by molar-refractivity contribution is 5.02. The molecule has 106 valence electrons. The minimum atomic E-state index is -0.498. The van der Waals surface area contributed by atoms with Gasteiger partial charge < -0.3 is 9.67 Å². The maximum absolute atomic E-state index is 10.9. The van der Waals surface area contributed by atoms with Gasteiger partial charge in [0.05, 0.1) is 5.60 Å². The molecule has 0 saturated heterocycles. The number of hydrogen-bond donors (Lipinski definition) is 1. The molecule has 19 heavy (non-hydrogen) atoms. The monoisotopic (exact) mass is 262 g/mol. The van der Waals surface area contributed by atoms with Gasteiger partial charge in [-0.25, -0.2) is 4.98 Å². The summed E-state index contributed by atoms with van der Waals surface area (Å²) in [7, 11) is 0. The molecule has 3 nitrogen and oxygen atoms in total. The molecule has 2 fully saturated rings. The lowest BCUT2D eigenvalue weighted by Crippen LogP contribution is -2.38. The third-order valence-corrected chi connectivity index (χ3v) is 4.90. The van der Waals surface area contributed by atoms with E-state index < -0.39 is 5.60 Å². The van der Waals surface area contributed by atoms with Gasteiger partial charge in [-0.2, -0.15) is 0 Å². The van der Waals surface area contributed by atoms with E-state index in [9.17, 15) is 5.11 Å². The zero-order valence-corrected chi connectivity index (χ0v) is 12.0. The SMILES string of the molecule is CCCn1ccnc1CC1(O)CCCC(C2CC2)C1. The van der Waals surface area contributed by atoms with E-state index in [1.54, 1.807) is 0 Å². The molecule has 2 atom stereocenters. The molecule has 3 heteroatoms. The number of aromatic nitrogens is 2. The minimum absolute atomic E-state index is 0.498. The second-order valence-corrected chi connectivity index (χ2v) is 6.63. The van der Waals surface area contributed by atoms with Gasteiger partial charge >= 0.3 is 0 Å². The average Bonchev–Trinajstić information content (AvgIpc) is 3.14. The zero-order chi connectivity index (χ0) is 13.3. The van der Waals surface area contributed by atoms with Crippen molar-refractivity contribution in [2.45, 2.75) is 70.4 Å². The van der Waals surface area contributed by atoms with Crippen molar-refractivity contribution in [1.82, 2.24) is 9.55 Å². The van der Waals surface area contributed by atoms with E-state index in [1.807, 2.05) is 12.4 Å².